The Morgan fingerprint density at radius 3 is 2.31 bits per heavy atom. The second-order valence-corrected chi connectivity index (χ2v) is 13.4. The molecule has 0 aromatic carbocycles. The second kappa shape index (κ2) is 7.78. The predicted octanol–water partition coefficient (Wildman–Crippen LogP) is 4.85. The molecule has 5 rings (SSSR count). The van der Waals surface area contributed by atoms with E-state index in [1.165, 1.54) is 19.3 Å². The van der Waals surface area contributed by atoms with E-state index in [9.17, 15) is 15.0 Å². The molecule has 0 spiro atoms. The van der Waals surface area contributed by atoms with E-state index in [0.29, 0.717) is 47.6 Å². The summed E-state index contributed by atoms with van der Waals surface area (Å²) in [5, 5.41) is 22.0. The SMILES string of the molecule is CC(C)[C@@H](C)[C@@H](O)[C@H](O)[C@@H](C)[C@H]1CC[C@H]2[C@@H]3CC(=O)[C@H]4C[C@H]5O[C@H]5C[C@]4(C)[C@H]3CC[C@]12C. The summed E-state index contributed by atoms with van der Waals surface area (Å²) in [5.41, 5.74) is 0.282. The number of aliphatic hydroxyl groups is 2. The number of aliphatic hydroxyl groups excluding tert-OH is 2. The molecule has 1 heterocycles. The summed E-state index contributed by atoms with van der Waals surface area (Å²) in [7, 11) is 0. The monoisotopic (exact) mass is 446 g/mol. The third-order valence-corrected chi connectivity index (χ3v) is 11.9. The fraction of sp³-hybridized carbons (Fsp3) is 0.964. The molecule has 0 aromatic rings. The average molecular weight is 447 g/mol. The Morgan fingerprint density at radius 1 is 0.938 bits per heavy atom. The van der Waals surface area contributed by atoms with Crippen molar-refractivity contribution < 1.29 is 19.7 Å². The maximum atomic E-state index is 13.4. The summed E-state index contributed by atoms with van der Waals surface area (Å²) in [6, 6.07) is 0. The highest BCUT2D eigenvalue weighted by Gasteiger charge is 2.66. The minimum atomic E-state index is -0.678. The van der Waals surface area contributed by atoms with Crippen LogP contribution in [-0.2, 0) is 9.53 Å². The van der Waals surface area contributed by atoms with Gasteiger partial charge in [0, 0.05) is 12.3 Å². The summed E-state index contributed by atoms with van der Waals surface area (Å²) >= 11 is 0. The van der Waals surface area contributed by atoms with Crippen molar-refractivity contribution in [3.05, 3.63) is 0 Å². The van der Waals surface area contributed by atoms with Crippen molar-refractivity contribution in [2.24, 2.45) is 58.2 Å². The highest BCUT2D eigenvalue weighted by atomic mass is 16.6. The number of ether oxygens (including phenoxy) is 1. The topological polar surface area (TPSA) is 70.1 Å². The molecule has 4 nitrogen and oxygen atoms in total. The van der Waals surface area contributed by atoms with Crippen molar-refractivity contribution >= 4 is 5.78 Å². The lowest BCUT2D eigenvalue weighted by molar-refractivity contribution is -0.154. The molecule has 2 N–H and O–H groups in total. The van der Waals surface area contributed by atoms with Crippen LogP contribution < -0.4 is 0 Å². The minimum absolute atomic E-state index is 0.0793. The van der Waals surface area contributed by atoms with Gasteiger partial charge in [-0.2, -0.15) is 0 Å². The normalized spacial score (nSPS) is 51.2. The number of hydrogen-bond donors (Lipinski definition) is 2. The average Bonchev–Trinajstić information content (AvgIpc) is 3.39. The number of hydrogen-bond acceptors (Lipinski definition) is 4. The van der Waals surface area contributed by atoms with Gasteiger partial charge < -0.3 is 14.9 Å². The molecular weight excluding hydrogens is 400 g/mol. The minimum Gasteiger partial charge on any atom is -0.390 e. The van der Waals surface area contributed by atoms with Crippen molar-refractivity contribution in [3.63, 3.8) is 0 Å². The molecule has 32 heavy (non-hydrogen) atoms. The molecule has 1 aliphatic heterocycles. The number of carbonyl (C=O) groups is 1. The van der Waals surface area contributed by atoms with Crippen LogP contribution in [0, 0.1) is 58.2 Å². The zero-order valence-electron chi connectivity index (χ0n) is 21.1. The molecule has 13 atom stereocenters. The molecule has 0 amide bonds. The molecule has 182 valence electrons. The van der Waals surface area contributed by atoms with E-state index in [1.807, 2.05) is 0 Å². The first-order chi connectivity index (χ1) is 15.0. The molecule has 1 saturated heterocycles. The molecule has 5 fully saturated rings. The number of rotatable bonds is 5. The first-order valence-corrected chi connectivity index (χ1v) is 13.5. The Bertz CT molecular complexity index is 750. The third-order valence-electron chi connectivity index (χ3n) is 11.9. The zero-order valence-corrected chi connectivity index (χ0v) is 21.1. The third kappa shape index (κ3) is 3.29. The van der Waals surface area contributed by atoms with Crippen LogP contribution in [0.4, 0.5) is 0 Å². The maximum Gasteiger partial charge on any atom is 0.136 e. The molecular formula is C28H46O4. The van der Waals surface area contributed by atoms with Gasteiger partial charge in [-0.3, -0.25) is 4.79 Å². The summed E-state index contributed by atoms with van der Waals surface area (Å²) in [4.78, 5) is 13.4. The van der Waals surface area contributed by atoms with Crippen molar-refractivity contribution in [3.8, 4) is 0 Å². The number of fused-ring (bicyclic) bond motifs is 6. The first-order valence-electron chi connectivity index (χ1n) is 13.5. The summed E-state index contributed by atoms with van der Waals surface area (Å²) in [6.45, 7) is 13.3. The largest absolute Gasteiger partial charge is 0.390 e. The van der Waals surface area contributed by atoms with Crippen LogP contribution in [0.3, 0.4) is 0 Å². The van der Waals surface area contributed by atoms with Gasteiger partial charge in [-0.05, 0) is 90.8 Å². The molecule has 4 saturated carbocycles. The van der Waals surface area contributed by atoms with Crippen molar-refractivity contribution in [2.75, 3.05) is 0 Å². The van der Waals surface area contributed by atoms with E-state index >= 15 is 0 Å². The van der Waals surface area contributed by atoms with Gasteiger partial charge >= 0.3 is 0 Å². The maximum absolute atomic E-state index is 13.4. The Balaban J connectivity index is 1.36. The van der Waals surface area contributed by atoms with Gasteiger partial charge in [-0.1, -0.05) is 41.5 Å². The molecule has 4 aliphatic carbocycles. The van der Waals surface area contributed by atoms with Crippen molar-refractivity contribution in [1.29, 1.82) is 0 Å². The molecule has 0 radical (unpaired) electrons. The van der Waals surface area contributed by atoms with E-state index < -0.39 is 12.2 Å². The molecule has 4 heteroatoms. The lowest BCUT2D eigenvalue weighted by Crippen LogP contribution is -2.57. The Labute approximate surface area is 194 Å². The van der Waals surface area contributed by atoms with Crippen LogP contribution in [0.25, 0.3) is 0 Å². The van der Waals surface area contributed by atoms with Crippen LogP contribution in [-0.4, -0.2) is 40.4 Å². The molecule has 0 bridgehead atoms. The standard InChI is InChI=1S/C28H46O4/c1-14(2)15(3)25(30)26(31)16(4)18-7-8-19-17-11-22(29)21-12-23-24(32-23)13-28(21,6)20(17)9-10-27(18,19)5/h14-21,23-26,30-31H,7-13H2,1-6H3/t15-,16+,17+,18-,19+,20+,21-,23-,24+,25-,26-,27-,28-/m1/s1. The number of Topliss-reactive ketones (excluding diaryl/α,β-unsaturated/α-hetero) is 1. The molecule has 0 aromatic heterocycles. The van der Waals surface area contributed by atoms with E-state index in [0.717, 1.165) is 25.7 Å². The van der Waals surface area contributed by atoms with Crippen molar-refractivity contribution in [1.82, 2.24) is 0 Å². The smallest absolute Gasteiger partial charge is 0.136 e. The van der Waals surface area contributed by atoms with Gasteiger partial charge in [-0.25, -0.2) is 0 Å². The summed E-state index contributed by atoms with van der Waals surface area (Å²) in [5.74, 6) is 3.34. The molecule has 0 unspecified atom stereocenters. The second-order valence-electron chi connectivity index (χ2n) is 13.4. The van der Waals surface area contributed by atoms with Crippen LogP contribution in [0.15, 0.2) is 0 Å². The fourth-order valence-electron chi connectivity index (χ4n) is 9.48. The molecule has 5 aliphatic rings. The van der Waals surface area contributed by atoms with Gasteiger partial charge in [0.15, 0.2) is 0 Å². The van der Waals surface area contributed by atoms with E-state index in [-0.39, 0.29) is 28.6 Å². The van der Waals surface area contributed by atoms with Crippen molar-refractivity contribution in [2.45, 2.75) is 111 Å². The first kappa shape index (κ1) is 23.3. The summed E-state index contributed by atoms with van der Waals surface area (Å²) in [6.07, 6.45) is 6.92. The van der Waals surface area contributed by atoms with Crippen LogP contribution in [0.1, 0.15) is 86.5 Å². The van der Waals surface area contributed by atoms with Crippen LogP contribution in [0.2, 0.25) is 0 Å². The zero-order chi connectivity index (χ0) is 23.2. The highest BCUT2D eigenvalue weighted by Crippen LogP contribution is 2.69. The van der Waals surface area contributed by atoms with Gasteiger partial charge in [0.2, 0.25) is 0 Å². The van der Waals surface area contributed by atoms with Crippen LogP contribution >= 0.6 is 0 Å². The van der Waals surface area contributed by atoms with E-state index in [1.54, 1.807) is 0 Å². The lowest BCUT2D eigenvalue weighted by Gasteiger charge is -2.59. The number of carbonyl (C=O) groups excluding carboxylic acids is 1. The van der Waals surface area contributed by atoms with Gasteiger partial charge in [0.25, 0.3) is 0 Å². The number of epoxide rings is 1. The Morgan fingerprint density at radius 2 is 1.62 bits per heavy atom. The summed E-state index contributed by atoms with van der Waals surface area (Å²) < 4.78 is 5.90. The lowest BCUT2D eigenvalue weighted by atomic mass is 9.44. The Kier molecular flexibility index (Phi) is 5.67. The Hall–Kier alpha value is -0.450. The van der Waals surface area contributed by atoms with E-state index in [2.05, 4.69) is 41.5 Å². The quantitative estimate of drug-likeness (QED) is 0.592. The highest BCUT2D eigenvalue weighted by molar-refractivity contribution is 5.83. The van der Waals surface area contributed by atoms with Crippen LogP contribution in [0.5, 0.6) is 0 Å². The van der Waals surface area contributed by atoms with Gasteiger partial charge in [0.05, 0.1) is 24.4 Å². The predicted molar refractivity (Wildman–Crippen MR) is 125 cm³/mol. The van der Waals surface area contributed by atoms with Gasteiger partial charge in [-0.15, -0.1) is 0 Å². The van der Waals surface area contributed by atoms with E-state index in [4.69, 9.17) is 4.74 Å². The number of ketones is 1. The fourth-order valence-corrected chi connectivity index (χ4v) is 9.48. The van der Waals surface area contributed by atoms with Gasteiger partial charge in [0.1, 0.15) is 5.78 Å².